The van der Waals surface area contributed by atoms with Gasteiger partial charge in [0.25, 0.3) is 0 Å². The fourth-order valence-corrected chi connectivity index (χ4v) is 7.65. The topological polar surface area (TPSA) is 17.1 Å². The highest BCUT2D eigenvalue weighted by Gasteiger charge is 2.89. The predicted octanol–water partition coefficient (Wildman–Crippen LogP) is 1.36. The summed E-state index contributed by atoms with van der Waals surface area (Å²) < 4.78 is 0.889. The fraction of sp³-hybridized carbons (Fsp3) is 0.900. The lowest BCUT2D eigenvalue weighted by molar-refractivity contribution is -0.170. The lowest BCUT2D eigenvalue weighted by Gasteiger charge is -2.62. The van der Waals surface area contributed by atoms with Crippen molar-refractivity contribution in [2.24, 2.45) is 47.3 Å². The minimum Gasteiger partial charge on any atom is -0.299 e. The van der Waals surface area contributed by atoms with Crippen LogP contribution in [0.15, 0.2) is 0 Å². The normalized spacial score (nSPS) is 84.4. The molecule has 6 saturated carbocycles. The first-order valence-corrected chi connectivity index (χ1v) is 6.25. The Hall–Kier alpha value is 0.400. The van der Waals surface area contributed by atoms with Crippen LogP contribution >= 0.6 is 22.6 Å². The molecule has 0 aromatic carbocycles. The third kappa shape index (κ3) is 0.289. The van der Waals surface area contributed by atoms with E-state index < -0.39 is 0 Å². The molecule has 6 rings (SSSR count). The van der Waals surface area contributed by atoms with E-state index in [4.69, 9.17) is 0 Å². The Morgan fingerprint density at radius 3 is 2.00 bits per heavy atom. The lowest BCUT2D eigenvalue weighted by Crippen LogP contribution is -2.61. The van der Waals surface area contributed by atoms with E-state index >= 15 is 0 Å². The van der Waals surface area contributed by atoms with Crippen LogP contribution in [0.1, 0.15) is 0 Å². The Balaban J connectivity index is 1.88. The average Bonchev–Trinajstić information content (AvgIpc) is 2.45. The SMILES string of the molecule is O=C1[C@@H]2[C@@H]3[C@H]4[C@H]1[C@@H]1[C@@H](I)[C@@H]4[C@H]3[C@@H]21. The molecule has 6 fully saturated rings. The fourth-order valence-electron chi connectivity index (χ4n) is 5.77. The van der Waals surface area contributed by atoms with Crippen LogP contribution in [0, 0.1) is 47.3 Å². The molecule has 9 atom stereocenters. The molecule has 0 amide bonds. The largest absolute Gasteiger partial charge is 0.299 e. The lowest BCUT2D eigenvalue weighted by atomic mass is 9.41. The van der Waals surface area contributed by atoms with Gasteiger partial charge < -0.3 is 0 Å². The summed E-state index contributed by atoms with van der Waals surface area (Å²) >= 11 is 2.63. The van der Waals surface area contributed by atoms with Crippen LogP contribution in [0.25, 0.3) is 0 Å². The molecule has 0 saturated heterocycles. The summed E-state index contributed by atoms with van der Waals surface area (Å²) in [6, 6.07) is 0. The van der Waals surface area contributed by atoms with Gasteiger partial charge in [-0.25, -0.2) is 0 Å². The van der Waals surface area contributed by atoms with Gasteiger partial charge in [0.05, 0.1) is 0 Å². The molecule has 0 spiro atoms. The van der Waals surface area contributed by atoms with Crippen molar-refractivity contribution < 1.29 is 4.79 Å². The van der Waals surface area contributed by atoms with E-state index in [1.54, 1.807) is 0 Å². The van der Waals surface area contributed by atoms with Crippen molar-refractivity contribution in [2.75, 3.05) is 0 Å². The second kappa shape index (κ2) is 1.33. The zero-order valence-electron chi connectivity index (χ0n) is 6.48. The Kier molecular flexibility index (Phi) is 0.666. The van der Waals surface area contributed by atoms with Gasteiger partial charge >= 0.3 is 0 Å². The van der Waals surface area contributed by atoms with Gasteiger partial charge in [-0.05, 0) is 35.5 Å². The van der Waals surface area contributed by atoms with Gasteiger partial charge in [-0.2, -0.15) is 0 Å². The number of halogens is 1. The number of carbonyl (C=O) groups excluding carboxylic acids is 1. The van der Waals surface area contributed by atoms with Gasteiger partial charge in [0.2, 0.25) is 0 Å². The number of ketones is 1. The number of Topliss-reactive ketones (excluding diaryl/α,β-unsaturated/α-hetero) is 1. The molecule has 62 valence electrons. The molecule has 1 nitrogen and oxygen atoms in total. The van der Waals surface area contributed by atoms with Gasteiger partial charge in [-0.15, -0.1) is 0 Å². The molecule has 6 aliphatic rings. The van der Waals surface area contributed by atoms with Crippen LogP contribution in [0.3, 0.4) is 0 Å². The molecule has 0 radical (unpaired) electrons. The predicted molar refractivity (Wildman–Crippen MR) is 50.7 cm³/mol. The van der Waals surface area contributed by atoms with Crippen LogP contribution in [0.4, 0.5) is 0 Å². The zero-order valence-corrected chi connectivity index (χ0v) is 8.64. The van der Waals surface area contributed by atoms with Gasteiger partial charge in [0, 0.05) is 15.8 Å². The van der Waals surface area contributed by atoms with Crippen LogP contribution in [0.2, 0.25) is 0 Å². The maximum Gasteiger partial charge on any atom is 0.140 e. The average molecular weight is 272 g/mol. The summed E-state index contributed by atoms with van der Waals surface area (Å²) in [5.74, 6) is 7.44. The molecular formula is C10H9IO. The van der Waals surface area contributed by atoms with Gasteiger partial charge in [-0.3, -0.25) is 4.79 Å². The Morgan fingerprint density at radius 1 is 0.833 bits per heavy atom. The zero-order chi connectivity index (χ0) is 7.77. The third-order valence-corrected chi connectivity index (χ3v) is 7.38. The molecule has 0 unspecified atom stereocenters. The summed E-state index contributed by atoms with van der Waals surface area (Å²) in [7, 11) is 0. The third-order valence-electron chi connectivity index (χ3n) is 5.72. The number of alkyl halides is 1. The molecule has 6 aliphatic carbocycles. The Labute approximate surface area is 84.4 Å². The summed E-state index contributed by atoms with van der Waals surface area (Å²) in [5.41, 5.74) is 0. The first-order chi connectivity index (χ1) is 5.82. The van der Waals surface area contributed by atoms with E-state index in [-0.39, 0.29) is 0 Å². The number of carbonyl (C=O) groups is 1. The van der Waals surface area contributed by atoms with Crippen molar-refractivity contribution in [3.63, 3.8) is 0 Å². The first-order valence-electron chi connectivity index (χ1n) is 5.00. The second-order valence-electron chi connectivity index (χ2n) is 5.36. The molecule has 0 aromatic heterocycles. The van der Waals surface area contributed by atoms with Crippen molar-refractivity contribution in [3.05, 3.63) is 0 Å². The molecule has 12 heavy (non-hydrogen) atoms. The van der Waals surface area contributed by atoms with Crippen LogP contribution < -0.4 is 0 Å². The molecule has 4 bridgehead atoms. The molecule has 0 aliphatic heterocycles. The minimum absolute atomic E-state index is 0.571. The van der Waals surface area contributed by atoms with Crippen LogP contribution in [-0.2, 0) is 4.79 Å². The summed E-state index contributed by atoms with van der Waals surface area (Å²) in [4.78, 5) is 11.8. The van der Waals surface area contributed by atoms with Crippen LogP contribution in [0.5, 0.6) is 0 Å². The maximum absolute atomic E-state index is 11.8. The van der Waals surface area contributed by atoms with Gasteiger partial charge in [0.15, 0.2) is 0 Å². The minimum atomic E-state index is 0.571. The Bertz CT molecular complexity index is 337. The highest BCUT2D eigenvalue weighted by atomic mass is 127. The highest BCUT2D eigenvalue weighted by Crippen LogP contribution is 2.88. The van der Waals surface area contributed by atoms with Crippen molar-refractivity contribution in [1.82, 2.24) is 0 Å². The first kappa shape index (κ1) is 5.99. The van der Waals surface area contributed by atoms with Crippen molar-refractivity contribution >= 4 is 28.4 Å². The number of hydrogen-bond acceptors (Lipinski definition) is 1. The smallest absolute Gasteiger partial charge is 0.140 e. The molecule has 0 heterocycles. The molecule has 2 heteroatoms. The highest BCUT2D eigenvalue weighted by molar-refractivity contribution is 14.1. The quantitative estimate of drug-likeness (QED) is 0.480. The van der Waals surface area contributed by atoms with Crippen molar-refractivity contribution in [2.45, 2.75) is 3.92 Å². The summed E-state index contributed by atoms with van der Waals surface area (Å²) in [6.07, 6.45) is 0. The molecule has 0 N–H and O–H groups in total. The van der Waals surface area contributed by atoms with Crippen molar-refractivity contribution in [3.8, 4) is 0 Å². The summed E-state index contributed by atoms with van der Waals surface area (Å²) in [6.45, 7) is 0. The van der Waals surface area contributed by atoms with E-state index in [1.807, 2.05) is 0 Å². The second-order valence-corrected chi connectivity index (χ2v) is 6.80. The maximum atomic E-state index is 11.8. The standard InChI is InChI=1S/C10H9IO/c11-9-5-1-2-4(5)8-6(9)3(1)7(2)10(8)12/h1-9H/t1-,2+,3-,4-,5-,6-,7-,8+,9+/m1/s1. The van der Waals surface area contributed by atoms with Gasteiger partial charge in [0.1, 0.15) is 5.78 Å². The van der Waals surface area contributed by atoms with E-state index in [0.29, 0.717) is 17.6 Å². The number of hydrogen-bond donors (Lipinski definition) is 0. The monoisotopic (exact) mass is 272 g/mol. The van der Waals surface area contributed by atoms with E-state index in [1.165, 1.54) is 0 Å². The van der Waals surface area contributed by atoms with Crippen LogP contribution in [-0.4, -0.2) is 9.71 Å². The van der Waals surface area contributed by atoms with E-state index in [0.717, 1.165) is 39.4 Å². The number of rotatable bonds is 0. The van der Waals surface area contributed by atoms with E-state index in [2.05, 4.69) is 22.6 Å². The molecule has 0 aromatic rings. The molecular weight excluding hydrogens is 263 g/mol. The summed E-state index contributed by atoms with van der Waals surface area (Å²) in [5, 5.41) is 0. The van der Waals surface area contributed by atoms with E-state index in [9.17, 15) is 4.79 Å². The Morgan fingerprint density at radius 2 is 1.42 bits per heavy atom. The van der Waals surface area contributed by atoms with Crippen molar-refractivity contribution in [1.29, 1.82) is 0 Å². The van der Waals surface area contributed by atoms with Gasteiger partial charge in [-0.1, -0.05) is 22.6 Å².